The van der Waals surface area contributed by atoms with E-state index >= 15 is 4.39 Å². The molecule has 2 aromatic carbocycles. The van der Waals surface area contributed by atoms with Crippen LogP contribution in [-0.2, 0) is 23.6 Å². The van der Waals surface area contributed by atoms with Gasteiger partial charge in [0.2, 0.25) is 0 Å². The highest BCUT2D eigenvalue weighted by molar-refractivity contribution is 7.92. The van der Waals surface area contributed by atoms with Gasteiger partial charge in [0.05, 0.1) is 18.7 Å². The van der Waals surface area contributed by atoms with Crippen molar-refractivity contribution in [1.29, 1.82) is 0 Å². The summed E-state index contributed by atoms with van der Waals surface area (Å²) in [5.41, 5.74) is 2.52. The van der Waals surface area contributed by atoms with Crippen LogP contribution < -0.4 is 13.8 Å². The van der Waals surface area contributed by atoms with Gasteiger partial charge in [0.1, 0.15) is 40.5 Å². The molecule has 2 aromatic heterocycles. The van der Waals surface area contributed by atoms with E-state index < -0.39 is 20.7 Å². The van der Waals surface area contributed by atoms with E-state index in [1.54, 1.807) is 31.5 Å². The molecule has 12 heteroatoms. The minimum atomic E-state index is -4.45. The summed E-state index contributed by atoms with van der Waals surface area (Å²) in [6, 6.07) is 10.9. The molecule has 0 saturated heterocycles. The lowest BCUT2D eigenvalue weighted by Crippen LogP contribution is -2.32. The predicted molar refractivity (Wildman–Crippen MR) is 153 cm³/mol. The van der Waals surface area contributed by atoms with Crippen molar-refractivity contribution in [1.82, 2.24) is 19.7 Å². The third-order valence-corrected chi connectivity index (χ3v) is 9.52. The zero-order chi connectivity index (χ0) is 29.1. The van der Waals surface area contributed by atoms with Crippen molar-refractivity contribution >= 4 is 27.4 Å². The molecule has 2 heterocycles. The lowest BCUT2D eigenvalue weighted by Gasteiger charge is -2.32. The van der Waals surface area contributed by atoms with Crippen molar-refractivity contribution in [3.63, 3.8) is 0 Å². The first-order chi connectivity index (χ1) is 19.7. The van der Waals surface area contributed by atoms with Gasteiger partial charge in [-0.05, 0) is 61.6 Å². The van der Waals surface area contributed by atoms with Crippen LogP contribution in [-0.4, -0.2) is 41.4 Å². The lowest BCUT2D eigenvalue weighted by molar-refractivity contribution is 0.126. The molecule has 216 valence electrons. The third kappa shape index (κ3) is 6.01. The largest absolute Gasteiger partial charge is 0.497 e. The number of aryl methyl sites for hydroxylation is 2. The Hall–Kier alpha value is -3.70. The van der Waals surface area contributed by atoms with E-state index in [2.05, 4.69) is 15.1 Å². The molecule has 0 amide bonds. The van der Waals surface area contributed by atoms with Gasteiger partial charge in [0, 0.05) is 43.2 Å². The second-order valence-corrected chi connectivity index (χ2v) is 12.2. The molecule has 1 aliphatic carbocycles. The summed E-state index contributed by atoms with van der Waals surface area (Å²) in [5, 5.41) is 4.28. The van der Waals surface area contributed by atoms with Gasteiger partial charge < -0.3 is 9.47 Å². The number of benzene rings is 2. The minimum absolute atomic E-state index is 0.00238. The van der Waals surface area contributed by atoms with Gasteiger partial charge in [0.15, 0.2) is 0 Å². The maximum absolute atomic E-state index is 15.7. The Balaban J connectivity index is 1.48. The Morgan fingerprint density at radius 1 is 1.12 bits per heavy atom. The molecule has 0 spiro atoms. The van der Waals surface area contributed by atoms with E-state index in [0.717, 1.165) is 53.4 Å². The maximum Gasteiger partial charge on any atom is 0.268 e. The lowest BCUT2D eigenvalue weighted by atomic mass is 9.84. The quantitative estimate of drug-likeness (QED) is 0.239. The number of methoxy groups -OCH3 is 1. The molecule has 2 atom stereocenters. The number of hydrogen-bond donors (Lipinski definition) is 0. The monoisotopic (exact) mass is 599 g/mol. The Bertz CT molecular complexity index is 1630. The van der Waals surface area contributed by atoms with Crippen LogP contribution in [0.5, 0.6) is 11.5 Å². The number of ether oxygens (including phenoxy) is 2. The molecule has 0 bridgehead atoms. The summed E-state index contributed by atoms with van der Waals surface area (Å²) < 4.78 is 58.0. The molecule has 0 unspecified atom stereocenters. The van der Waals surface area contributed by atoms with Crippen molar-refractivity contribution in [2.75, 3.05) is 11.4 Å². The van der Waals surface area contributed by atoms with Crippen LogP contribution in [0.2, 0.25) is 5.02 Å². The number of hydrogen-bond acceptors (Lipinski definition) is 7. The summed E-state index contributed by atoms with van der Waals surface area (Å²) in [7, 11) is -1.02. The van der Waals surface area contributed by atoms with E-state index in [9.17, 15) is 8.42 Å². The van der Waals surface area contributed by atoms with Gasteiger partial charge in [0.25, 0.3) is 10.0 Å². The fourth-order valence-corrected chi connectivity index (χ4v) is 7.00. The van der Waals surface area contributed by atoms with Gasteiger partial charge >= 0.3 is 0 Å². The van der Waals surface area contributed by atoms with E-state index in [1.165, 1.54) is 18.6 Å². The highest BCUT2D eigenvalue weighted by atomic mass is 35.5. The molecular formula is C29H31ClFN5O4S. The molecular weight excluding hydrogens is 569 g/mol. The number of rotatable bonds is 9. The molecule has 4 aromatic rings. The summed E-state index contributed by atoms with van der Waals surface area (Å²) in [6.45, 7) is 1.75. The molecule has 1 aliphatic rings. The second kappa shape index (κ2) is 12.0. The normalized spacial score (nSPS) is 17.3. The van der Waals surface area contributed by atoms with Gasteiger partial charge in [-0.15, -0.1) is 0 Å². The van der Waals surface area contributed by atoms with Crippen LogP contribution in [0.4, 0.5) is 10.2 Å². The number of halogens is 2. The van der Waals surface area contributed by atoms with Gasteiger partial charge in [-0.1, -0.05) is 24.1 Å². The van der Waals surface area contributed by atoms with E-state index in [4.69, 9.17) is 21.1 Å². The molecule has 5 rings (SSSR count). The van der Waals surface area contributed by atoms with E-state index in [1.807, 2.05) is 24.7 Å². The van der Waals surface area contributed by atoms with E-state index in [-0.39, 0.29) is 35.2 Å². The third-order valence-electron chi connectivity index (χ3n) is 7.46. The smallest absolute Gasteiger partial charge is 0.268 e. The van der Waals surface area contributed by atoms with Crippen molar-refractivity contribution < 1.29 is 22.3 Å². The standard InChI is InChI=1S/C29H31ClFN5O4S/c1-19-14-21(39-3)9-8-20(19)17-36(29-11-12-32-18-33-29)41(37,38)28-15-23(30)27(16-24(28)31)40-26-7-5-4-6-22(26)25-10-13-34-35(25)2/h8-16,18,22,26H,4-7,17H2,1-3H3/t22-,26+/m1/s1. The molecule has 9 nitrogen and oxygen atoms in total. The molecule has 1 fully saturated rings. The van der Waals surface area contributed by atoms with Crippen molar-refractivity contribution in [2.45, 2.75) is 56.1 Å². The van der Waals surface area contributed by atoms with Crippen molar-refractivity contribution in [3.05, 3.63) is 88.8 Å². The second-order valence-electron chi connectivity index (χ2n) is 10.0. The minimum Gasteiger partial charge on any atom is -0.497 e. The van der Waals surface area contributed by atoms with Crippen LogP contribution in [0.1, 0.15) is 48.4 Å². The van der Waals surface area contributed by atoms with Crippen LogP contribution in [0.3, 0.4) is 0 Å². The first kappa shape index (κ1) is 28.8. The molecule has 0 radical (unpaired) electrons. The highest BCUT2D eigenvalue weighted by Gasteiger charge is 2.33. The van der Waals surface area contributed by atoms with Gasteiger partial charge in [-0.25, -0.2) is 27.1 Å². The fourth-order valence-electron chi connectivity index (χ4n) is 5.25. The molecule has 1 saturated carbocycles. The van der Waals surface area contributed by atoms with Crippen molar-refractivity contribution in [3.8, 4) is 11.5 Å². The van der Waals surface area contributed by atoms with Crippen LogP contribution in [0.25, 0.3) is 0 Å². The summed E-state index contributed by atoms with van der Waals surface area (Å²) in [6.07, 6.45) is 7.81. The number of sulfonamides is 1. The zero-order valence-corrected chi connectivity index (χ0v) is 24.6. The van der Waals surface area contributed by atoms with Crippen LogP contribution in [0, 0.1) is 12.7 Å². The predicted octanol–water partition coefficient (Wildman–Crippen LogP) is 5.82. The molecule has 0 N–H and O–H groups in total. The van der Waals surface area contributed by atoms with Crippen LogP contribution >= 0.6 is 11.6 Å². The SMILES string of the molecule is COc1ccc(CN(c2ccncn2)S(=O)(=O)c2cc(Cl)c(O[C@H]3CCCC[C@@H]3c3ccnn3C)cc2F)c(C)c1. The summed E-state index contributed by atoms with van der Waals surface area (Å²) >= 11 is 6.57. The maximum atomic E-state index is 15.7. The van der Waals surface area contributed by atoms with E-state index in [0.29, 0.717) is 11.3 Å². The molecule has 0 aliphatic heterocycles. The average molecular weight is 600 g/mol. The summed E-state index contributed by atoms with van der Waals surface area (Å²) in [5.74, 6) is -0.0867. The topological polar surface area (TPSA) is 99.4 Å². The van der Waals surface area contributed by atoms with Crippen molar-refractivity contribution in [2.24, 2.45) is 7.05 Å². The Kier molecular flexibility index (Phi) is 8.46. The highest BCUT2D eigenvalue weighted by Crippen LogP contribution is 2.39. The Morgan fingerprint density at radius 2 is 1.93 bits per heavy atom. The molecule has 41 heavy (non-hydrogen) atoms. The Labute approximate surface area is 244 Å². The van der Waals surface area contributed by atoms with Crippen LogP contribution in [0.15, 0.2) is 66.1 Å². The number of aromatic nitrogens is 4. The number of nitrogens with zero attached hydrogens (tertiary/aromatic N) is 5. The first-order valence-electron chi connectivity index (χ1n) is 13.2. The average Bonchev–Trinajstić information content (AvgIpc) is 3.40. The first-order valence-corrected chi connectivity index (χ1v) is 15.1. The fraction of sp³-hybridized carbons (Fsp3) is 0.345. The van der Waals surface area contributed by atoms with Gasteiger partial charge in [-0.3, -0.25) is 4.68 Å². The number of anilines is 1. The Morgan fingerprint density at radius 3 is 2.61 bits per heavy atom. The summed E-state index contributed by atoms with van der Waals surface area (Å²) in [4.78, 5) is 7.46. The van der Waals surface area contributed by atoms with Gasteiger partial charge in [-0.2, -0.15) is 5.10 Å². The zero-order valence-electron chi connectivity index (χ0n) is 23.0.